The van der Waals surface area contributed by atoms with Crippen molar-refractivity contribution in [2.75, 3.05) is 13.6 Å². The van der Waals surface area contributed by atoms with Crippen LogP contribution < -0.4 is 10.6 Å². The zero-order chi connectivity index (χ0) is 18.9. The van der Waals surface area contributed by atoms with Gasteiger partial charge in [-0.1, -0.05) is 30.3 Å². The van der Waals surface area contributed by atoms with Crippen molar-refractivity contribution < 1.29 is 22.8 Å². The summed E-state index contributed by atoms with van der Waals surface area (Å²) in [6.45, 7) is 0.789. The first-order chi connectivity index (χ1) is 12.3. The lowest BCUT2D eigenvalue weighted by Crippen LogP contribution is -2.55. The molecule has 2 heterocycles. The maximum atomic E-state index is 12.7. The molecule has 8 heteroatoms. The van der Waals surface area contributed by atoms with Crippen LogP contribution in [-0.2, 0) is 9.59 Å². The largest absolute Gasteiger partial charge is 0.408 e. The summed E-state index contributed by atoms with van der Waals surface area (Å²) in [7, 11) is 1.96. The molecule has 3 rings (SSSR count). The molecule has 0 radical (unpaired) electrons. The Hall–Kier alpha value is -2.09. The van der Waals surface area contributed by atoms with E-state index in [1.807, 2.05) is 42.7 Å². The Kier molecular flexibility index (Phi) is 5.22. The number of carbonyl (C=O) groups is 2. The highest BCUT2D eigenvalue weighted by Crippen LogP contribution is 2.32. The quantitative estimate of drug-likeness (QED) is 0.802. The van der Waals surface area contributed by atoms with Crippen LogP contribution in [0.2, 0.25) is 0 Å². The Morgan fingerprint density at radius 2 is 1.88 bits per heavy atom. The third-order valence-electron chi connectivity index (χ3n) is 5.21. The average molecular weight is 369 g/mol. The molecule has 0 bridgehead atoms. The van der Waals surface area contributed by atoms with Gasteiger partial charge < -0.3 is 10.6 Å². The maximum Gasteiger partial charge on any atom is 0.408 e. The molecule has 0 saturated carbocycles. The van der Waals surface area contributed by atoms with E-state index in [1.54, 1.807) is 0 Å². The average Bonchev–Trinajstić information content (AvgIpc) is 2.95. The van der Waals surface area contributed by atoms with Crippen LogP contribution in [0, 0.1) is 5.92 Å². The SMILES string of the molecule is CN1CCC(NC(=O)C2CCC(C(F)(F)F)NC2=O)C1c1ccccc1. The lowest BCUT2D eigenvalue weighted by atomic mass is 9.92. The summed E-state index contributed by atoms with van der Waals surface area (Å²) in [4.78, 5) is 26.7. The van der Waals surface area contributed by atoms with Gasteiger partial charge in [0, 0.05) is 12.6 Å². The van der Waals surface area contributed by atoms with E-state index in [0.717, 1.165) is 18.5 Å². The predicted octanol–water partition coefficient (Wildman–Crippen LogP) is 2.01. The Labute approximate surface area is 149 Å². The number of likely N-dealkylation sites (N-methyl/N-ethyl adjacent to an activating group) is 1. The van der Waals surface area contributed by atoms with Gasteiger partial charge in [0.05, 0.1) is 6.04 Å². The van der Waals surface area contributed by atoms with Crippen molar-refractivity contribution in [3.05, 3.63) is 35.9 Å². The Bertz CT molecular complexity index is 665. The van der Waals surface area contributed by atoms with Crippen LogP contribution in [0.15, 0.2) is 30.3 Å². The number of halogens is 3. The third-order valence-corrected chi connectivity index (χ3v) is 5.21. The minimum atomic E-state index is -4.48. The lowest BCUT2D eigenvalue weighted by molar-refractivity contribution is -0.171. The van der Waals surface area contributed by atoms with Crippen molar-refractivity contribution in [2.45, 2.75) is 43.6 Å². The second kappa shape index (κ2) is 7.26. The fraction of sp³-hybridized carbons (Fsp3) is 0.556. The van der Waals surface area contributed by atoms with Gasteiger partial charge in [0.2, 0.25) is 11.8 Å². The van der Waals surface area contributed by atoms with E-state index in [-0.39, 0.29) is 24.9 Å². The van der Waals surface area contributed by atoms with Crippen molar-refractivity contribution >= 4 is 11.8 Å². The molecular weight excluding hydrogens is 347 g/mol. The molecule has 0 aliphatic carbocycles. The second-order valence-corrected chi connectivity index (χ2v) is 6.97. The summed E-state index contributed by atoms with van der Waals surface area (Å²) in [6, 6.07) is 7.65. The molecule has 2 N–H and O–H groups in total. The van der Waals surface area contributed by atoms with E-state index < -0.39 is 30.0 Å². The number of nitrogens with zero attached hydrogens (tertiary/aromatic N) is 1. The van der Waals surface area contributed by atoms with Gasteiger partial charge in [-0.15, -0.1) is 0 Å². The summed E-state index contributed by atoms with van der Waals surface area (Å²) < 4.78 is 38.2. The van der Waals surface area contributed by atoms with Gasteiger partial charge in [-0.25, -0.2) is 0 Å². The molecule has 4 atom stereocenters. The van der Waals surface area contributed by atoms with E-state index in [0.29, 0.717) is 0 Å². The predicted molar refractivity (Wildman–Crippen MR) is 89.1 cm³/mol. The highest BCUT2D eigenvalue weighted by atomic mass is 19.4. The standard InChI is InChI=1S/C18H22F3N3O2/c1-24-10-9-13(15(24)11-5-3-2-4-6-11)22-16(25)12-7-8-14(18(19,20)21)23-17(12)26/h2-6,12-15H,7-10H2,1H3,(H,22,25)(H,23,26). The fourth-order valence-corrected chi connectivity index (χ4v) is 3.82. The molecular formula is C18H22F3N3O2. The molecule has 2 amide bonds. The molecule has 26 heavy (non-hydrogen) atoms. The molecule has 2 fully saturated rings. The highest BCUT2D eigenvalue weighted by molar-refractivity contribution is 6.01. The minimum Gasteiger partial charge on any atom is -0.351 e. The number of carbonyl (C=O) groups excluding carboxylic acids is 2. The number of hydrogen-bond donors (Lipinski definition) is 2. The Morgan fingerprint density at radius 3 is 2.50 bits per heavy atom. The fourth-order valence-electron chi connectivity index (χ4n) is 3.82. The molecule has 2 aliphatic heterocycles. The van der Waals surface area contributed by atoms with Crippen molar-refractivity contribution in [3.8, 4) is 0 Å². The number of benzene rings is 1. The number of likely N-dealkylation sites (tertiary alicyclic amines) is 1. The number of hydrogen-bond acceptors (Lipinski definition) is 3. The van der Waals surface area contributed by atoms with Crippen LogP contribution in [-0.4, -0.2) is 48.6 Å². The van der Waals surface area contributed by atoms with Gasteiger partial charge in [-0.2, -0.15) is 13.2 Å². The van der Waals surface area contributed by atoms with Crippen molar-refractivity contribution in [1.29, 1.82) is 0 Å². The van der Waals surface area contributed by atoms with E-state index in [9.17, 15) is 22.8 Å². The van der Waals surface area contributed by atoms with Crippen LogP contribution in [0.3, 0.4) is 0 Å². The summed E-state index contributed by atoms with van der Waals surface area (Å²) in [5.41, 5.74) is 1.06. The van der Waals surface area contributed by atoms with Crippen molar-refractivity contribution in [1.82, 2.24) is 15.5 Å². The molecule has 1 aromatic rings. The summed E-state index contributed by atoms with van der Waals surface area (Å²) >= 11 is 0. The zero-order valence-corrected chi connectivity index (χ0v) is 14.4. The molecule has 1 aromatic carbocycles. The lowest BCUT2D eigenvalue weighted by Gasteiger charge is -2.31. The molecule has 5 nitrogen and oxygen atoms in total. The van der Waals surface area contributed by atoms with E-state index in [1.165, 1.54) is 0 Å². The zero-order valence-electron chi connectivity index (χ0n) is 14.4. The van der Waals surface area contributed by atoms with Gasteiger partial charge in [-0.3, -0.25) is 14.5 Å². The molecule has 0 aromatic heterocycles. The van der Waals surface area contributed by atoms with Crippen molar-refractivity contribution in [3.63, 3.8) is 0 Å². The molecule has 2 aliphatic rings. The summed E-state index contributed by atoms with van der Waals surface area (Å²) in [6.07, 6.45) is -4.13. The minimum absolute atomic E-state index is 0.0188. The number of alkyl halides is 3. The summed E-state index contributed by atoms with van der Waals surface area (Å²) in [5, 5.41) is 4.82. The van der Waals surface area contributed by atoms with E-state index in [4.69, 9.17) is 0 Å². The van der Waals surface area contributed by atoms with Gasteiger partial charge in [0.1, 0.15) is 12.0 Å². The monoisotopic (exact) mass is 369 g/mol. The third kappa shape index (κ3) is 3.85. The molecule has 4 unspecified atom stereocenters. The van der Waals surface area contributed by atoms with Gasteiger partial charge in [-0.05, 0) is 31.9 Å². The van der Waals surface area contributed by atoms with Crippen LogP contribution in [0.25, 0.3) is 0 Å². The van der Waals surface area contributed by atoms with Crippen molar-refractivity contribution in [2.24, 2.45) is 5.92 Å². The van der Waals surface area contributed by atoms with Crippen LogP contribution in [0.5, 0.6) is 0 Å². The van der Waals surface area contributed by atoms with Gasteiger partial charge >= 0.3 is 6.18 Å². The van der Waals surface area contributed by atoms with Gasteiger partial charge in [0.15, 0.2) is 0 Å². The van der Waals surface area contributed by atoms with E-state index in [2.05, 4.69) is 10.2 Å². The first kappa shape index (κ1) is 18.7. The Morgan fingerprint density at radius 1 is 1.19 bits per heavy atom. The van der Waals surface area contributed by atoms with Crippen LogP contribution >= 0.6 is 0 Å². The highest BCUT2D eigenvalue weighted by Gasteiger charge is 2.46. The topological polar surface area (TPSA) is 61.4 Å². The first-order valence-corrected chi connectivity index (χ1v) is 8.70. The van der Waals surface area contributed by atoms with Gasteiger partial charge in [0.25, 0.3) is 0 Å². The smallest absolute Gasteiger partial charge is 0.351 e. The Balaban J connectivity index is 1.65. The number of amides is 2. The number of piperidine rings is 1. The normalized spacial score (nSPS) is 30.1. The van der Waals surface area contributed by atoms with E-state index >= 15 is 0 Å². The molecule has 142 valence electrons. The maximum absolute atomic E-state index is 12.7. The number of nitrogens with one attached hydrogen (secondary N) is 2. The second-order valence-electron chi connectivity index (χ2n) is 6.97. The number of rotatable bonds is 3. The molecule has 2 saturated heterocycles. The summed E-state index contributed by atoms with van der Waals surface area (Å²) in [5.74, 6) is -2.42. The van der Waals surface area contributed by atoms with Crippen LogP contribution in [0.4, 0.5) is 13.2 Å². The molecule has 0 spiro atoms. The van der Waals surface area contributed by atoms with Crippen LogP contribution in [0.1, 0.15) is 30.9 Å². The first-order valence-electron chi connectivity index (χ1n) is 8.70.